The number of amides is 1. The molecule has 0 saturated heterocycles. The standard InChI is InChI=1S/C17H17FN4O2/c1-10-21-22-16(24-10)7-11-2-4-14(6-11)20-17(23)12-3-5-15(18)13(8-12)9-19/h3,5,8,11,14H,2,4,6-7H2,1H3,(H,20,23)/t11-,14+/m1/s1. The van der Waals surface area contributed by atoms with E-state index < -0.39 is 5.82 Å². The molecule has 1 aromatic heterocycles. The summed E-state index contributed by atoms with van der Waals surface area (Å²) in [5.74, 6) is 0.660. The van der Waals surface area contributed by atoms with Gasteiger partial charge in [-0.3, -0.25) is 4.79 Å². The van der Waals surface area contributed by atoms with Crippen LogP contribution in [0.3, 0.4) is 0 Å². The van der Waals surface area contributed by atoms with E-state index in [-0.39, 0.29) is 17.5 Å². The summed E-state index contributed by atoms with van der Waals surface area (Å²) in [7, 11) is 0. The smallest absolute Gasteiger partial charge is 0.251 e. The number of carbonyl (C=O) groups is 1. The van der Waals surface area contributed by atoms with E-state index in [0.717, 1.165) is 25.3 Å². The molecular formula is C17H17FN4O2. The maximum Gasteiger partial charge on any atom is 0.251 e. The van der Waals surface area contributed by atoms with Crippen molar-refractivity contribution < 1.29 is 13.6 Å². The molecular weight excluding hydrogens is 311 g/mol. The minimum Gasteiger partial charge on any atom is -0.426 e. The third-order valence-electron chi connectivity index (χ3n) is 4.26. The van der Waals surface area contributed by atoms with Gasteiger partial charge in [0.1, 0.15) is 11.9 Å². The number of aryl methyl sites for hydroxylation is 1. The fourth-order valence-corrected chi connectivity index (χ4v) is 3.08. The van der Waals surface area contributed by atoms with Crippen molar-refractivity contribution in [2.45, 2.75) is 38.6 Å². The van der Waals surface area contributed by atoms with Crippen LogP contribution in [-0.2, 0) is 6.42 Å². The Balaban J connectivity index is 1.57. The van der Waals surface area contributed by atoms with Crippen LogP contribution >= 0.6 is 0 Å². The van der Waals surface area contributed by atoms with Gasteiger partial charge in [-0.25, -0.2) is 4.39 Å². The molecule has 1 amide bonds. The Morgan fingerprint density at radius 3 is 3.00 bits per heavy atom. The first-order chi connectivity index (χ1) is 11.5. The van der Waals surface area contributed by atoms with Crippen molar-refractivity contribution in [2.75, 3.05) is 0 Å². The summed E-state index contributed by atoms with van der Waals surface area (Å²) >= 11 is 0. The van der Waals surface area contributed by atoms with Crippen molar-refractivity contribution in [3.63, 3.8) is 0 Å². The second-order valence-electron chi connectivity index (χ2n) is 6.07. The molecule has 0 bridgehead atoms. The zero-order valence-electron chi connectivity index (χ0n) is 13.3. The van der Waals surface area contributed by atoms with Gasteiger partial charge >= 0.3 is 0 Å². The summed E-state index contributed by atoms with van der Waals surface area (Å²) in [6, 6.07) is 5.61. The summed E-state index contributed by atoms with van der Waals surface area (Å²) in [5, 5.41) is 19.6. The first-order valence-corrected chi connectivity index (χ1v) is 7.84. The molecule has 1 heterocycles. The molecule has 1 aliphatic rings. The molecule has 24 heavy (non-hydrogen) atoms. The second kappa shape index (κ2) is 6.79. The highest BCUT2D eigenvalue weighted by Crippen LogP contribution is 2.28. The molecule has 6 nitrogen and oxygen atoms in total. The number of aromatic nitrogens is 2. The summed E-state index contributed by atoms with van der Waals surface area (Å²) < 4.78 is 18.7. The van der Waals surface area contributed by atoms with E-state index in [2.05, 4.69) is 15.5 Å². The maximum atomic E-state index is 13.3. The number of carbonyl (C=O) groups excluding carboxylic acids is 1. The van der Waals surface area contributed by atoms with Gasteiger partial charge in [0.15, 0.2) is 0 Å². The van der Waals surface area contributed by atoms with E-state index in [1.165, 1.54) is 12.1 Å². The molecule has 2 atom stereocenters. The monoisotopic (exact) mass is 328 g/mol. The highest BCUT2D eigenvalue weighted by atomic mass is 19.1. The highest BCUT2D eigenvalue weighted by Gasteiger charge is 2.27. The number of rotatable bonds is 4. The fraction of sp³-hybridized carbons (Fsp3) is 0.412. The van der Waals surface area contributed by atoms with Crippen molar-refractivity contribution in [1.29, 1.82) is 5.26 Å². The number of benzene rings is 1. The third-order valence-corrected chi connectivity index (χ3v) is 4.26. The lowest BCUT2D eigenvalue weighted by Crippen LogP contribution is -2.33. The molecule has 3 rings (SSSR count). The van der Waals surface area contributed by atoms with Crippen LogP contribution in [0.4, 0.5) is 4.39 Å². The number of nitriles is 1. The van der Waals surface area contributed by atoms with Gasteiger partial charge in [-0.1, -0.05) is 0 Å². The van der Waals surface area contributed by atoms with E-state index in [9.17, 15) is 9.18 Å². The SMILES string of the molecule is Cc1nnc(C[C@@H]2CC[C@H](NC(=O)c3ccc(F)c(C#N)c3)C2)o1. The Bertz CT molecular complexity index is 796. The van der Waals surface area contributed by atoms with Crippen LogP contribution in [0, 0.1) is 30.0 Å². The van der Waals surface area contributed by atoms with Crippen LogP contribution in [0.25, 0.3) is 0 Å². The van der Waals surface area contributed by atoms with E-state index >= 15 is 0 Å². The molecule has 0 aliphatic heterocycles. The molecule has 1 fully saturated rings. The fourth-order valence-electron chi connectivity index (χ4n) is 3.08. The van der Waals surface area contributed by atoms with Gasteiger partial charge in [0.2, 0.25) is 11.8 Å². The molecule has 1 saturated carbocycles. The quantitative estimate of drug-likeness (QED) is 0.931. The Labute approximate surface area is 138 Å². The Hall–Kier alpha value is -2.75. The Kier molecular flexibility index (Phi) is 4.56. The van der Waals surface area contributed by atoms with Crippen LogP contribution < -0.4 is 5.32 Å². The van der Waals surface area contributed by atoms with Gasteiger partial charge in [-0.2, -0.15) is 5.26 Å². The Morgan fingerprint density at radius 1 is 1.46 bits per heavy atom. The molecule has 2 aromatic rings. The van der Waals surface area contributed by atoms with Crippen LogP contribution in [0.1, 0.15) is 47.0 Å². The van der Waals surface area contributed by atoms with Crippen LogP contribution in [0.5, 0.6) is 0 Å². The van der Waals surface area contributed by atoms with Crippen molar-refractivity contribution in [1.82, 2.24) is 15.5 Å². The van der Waals surface area contributed by atoms with E-state index in [4.69, 9.17) is 9.68 Å². The minimum atomic E-state index is -0.621. The van der Waals surface area contributed by atoms with Crippen molar-refractivity contribution >= 4 is 5.91 Å². The molecule has 124 valence electrons. The third kappa shape index (κ3) is 3.59. The summed E-state index contributed by atoms with van der Waals surface area (Å²) in [4.78, 5) is 12.3. The average Bonchev–Trinajstić information content (AvgIpc) is 3.17. The Morgan fingerprint density at radius 2 is 2.29 bits per heavy atom. The molecule has 7 heteroatoms. The van der Waals surface area contributed by atoms with Gasteiger partial charge in [0, 0.05) is 24.9 Å². The second-order valence-corrected chi connectivity index (χ2v) is 6.07. The van der Waals surface area contributed by atoms with E-state index in [1.807, 2.05) is 0 Å². The predicted octanol–water partition coefficient (Wildman–Crippen LogP) is 2.53. The van der Waals surface area contributed by atoms with Gasteiger partial charge in [-0.05, 0) is 43.4 Å². The molecule has 0 unspecified atom stereocenters. The topological polar surface area (TPSA) is 91.8 Å². The lowest BCUT2D eigenvalue weighted by Gasteiger charge is -2.13. The maximum absolute atomic E-state index is 13.3. The lowest BCUT2D eigenvalue weighted by molar-refractivity contribution is 0.0937. The van der Waals surface area contributed by atoms with Gasteiger partial charge < -0.3 is 9.73 Å². The summed E-state index contributed by atoms with van der Waals surface area (Å²) in [6.07, 6.45) is 3.39. The first-order valence-electron chi connectivity index (χ1n) is 7.84. The normalized spacial score (nSPS) is 19.9. The number of nitrogens with one attached hydrogen (secondary N) is 1. The number of hydrogen-bond acceptors (Lipinski definition) is 5. The minimum absolute atomic E-state index is 0.0575. The van der Waals surface area contributed by atoms with Crippen LogP contribution in [0.15, 0.2) is 22.6 Å². The molecule has 0 spiro atoms. The zero-order chi connectivity index (χ0) is 17.1. The number of halogens is 1. The lowest BCUT2D eigenvalue weighted by atomic mass is 10.0. The molecule has 1 N–H and O–H groups in total. The van der Waals surface area contributed by atoms with E-state index in [1.54, 1.807) is 13.0 Å². The van der Waals surface area contributed by atoms with Gasteiger partial charge in [-0.15, -0.1) is 10.2 Å². The summed E-state index contributed by atoms with van der Waals surface area (Å²) in [5.41, 5.74) is 0.169. The van der Waals surface area contributed by atoms with E-state index in [0.29, 0.717) is 29.7 Å². The van der Waals surface area contributed by atoms with Crippen molar-refractivity contribution in [3.8, 4) is 6.07 Å². The first kappa shape index (κ1) is 16.1. The number of nitrogens with zero attached hydrogens (tertiary/aromatic N) is 3. The molecule has 1 aliphatic carbocycles. The predicted molar refractivity (Wildman–Crippen MR) is 82.4 cm³/mol. The van der Waals surface area contributed by atoms with Gasteiger partial charge in [0.25, 0.3) is 5.91 Å². The molecule has 1 aromatic carbocycles. The highest BCUT2D eigenvalue weighted by molar-refractivity contribution is 5.94. The molecule has 0 radical (unpaired) electrons. The van der Waals surface area contributed by atoms with Gasteiger partial charge in [0.05, 0.1) is 5.56 Å². The summed E-state index contributed by atoms with van der Waals surface area (Å²) in [6.45, 7) is 1.76. The zero-order valence-corrected chi connectivity index (χ0v) is 13.3. The largest absolute Gasteiger partial charge is 0.426 e. The van der Waals surface area contributed by atoms with Crippen LogP contribution in [0.2, 0.25) is 0 Å². The van der Waals surface area contributed by atoms with Crippen molar-refractivity contribution in [3.05, 3.63) is 46.9 Å². The van der Waals surface area contributed by atoms with Crippen molar-refractivity contribution in [2.24, 2.45) is 5.92 Å². The average molecular weight is 328 g/mol. The van der Waals surface area contributed by atoms with Crippen LogP contribution in [-0.4, -0.2) is 22.1 Å². The number of hydrogen-bond donors (Lipinski definition) is 1.